The van der Waals surface area contributed by atoms with E-state index in [0.29, 0.717) is 24.1 Å². The van der Waals surface area contributed by atoms with Gasteiger partial charge in [0.25, 0.3) is 5.69 Å². The maximum atomic E-state index is 13.3. The average molecular weight is 268 g/mol. The van der Waals surface area contributed by atoms with E-state index >= 15 is 0 Å². The molecule has 1 N–H and O–H groups in total. The molecule has 1 rings (SSSR count). The molecule has 0 aliphatic heterocycles. The number of nitro groups is 1. The van der Waals surface area contributed by atoms with Crippen LogP contribution in [0.1, 0.15) is 39.2 Å². The van der Waals surface area contributed by atoms with E-state index in [9.17, 15) is 14.5 Å². The summed E-state index contributed by atoms with van der Waals surface area (Å²) in [5.41, 5.74) is 0.400. The van der Waals surface area contributed by atoms with E-state index in [2.05, 4.69) is 26.1 Å². The third-order valence-corrected chi connectivity index (χ3v) is 3.54. The molecule has 0 radical (unpaired) electrons. The van der Waals surface area contributed by atoms with E-state index in [0.717, 1.165) is 18.9 Å². The average Bonchev–Trinajstić information content (AvgIpc) is 2.37. The number of non-ortho nitro benzene ring substituents is 1. The van der Waals surface area contributed by atoms with Crippen LogP contribution >= 0.6 is 0 Å². The molecule has 106 valence electrons. The largest absolute Gasteiger partial charge is 0.310 e. The predicted octanol–water partition coefficient (Wildman–Crippen LogP) is 3.65. The summed E-state index contributed by atoms with van der Waals surface area (Å²) in [5.74, 6) is -0.00951. The summed E-state index contributed by atoms with van der Waals surface area (Å²) in [5, 5.41) is 14.0. The molecule has 4 nitrogen and oxygen atoms in total. The second-order valence-electron chi connectivity index (χ2n) is 4.82. The van der Waals surface area contributed by atoms with Gasteiger partial charge in [-0.3, -0.25) is 10.1 Å². The van der Waals surface area contributed by atoms with Crippen LogP contribution < -0.4 is 5.32 Å². The molecule has 0 spiro atoms. The topological polar surface area (TPSA) is 55.2 Å². The molecule has 0 fully saturated rings. The quantitative estimate of drug-likeness (QED) is 0.606. The molecule has 5 heteroatoms. The van der Waals surface area contributed by atoms with Crippen molar-refractivity contribution in [1.29, 1.82) is 0 Å². The fourth-order valence-electron chi connectivity index (χ4n) is 2.28. The van der Waals surface area contributed by atoms with Gasteiger partial charge in [-0.1, -0.05) is 26.7 Å². The van der Waals surface area contributed by atoms with Crippen molar-refractivity contribution in [3.8, 4) is 0 Å². The number of benzene rings is 1. The predicted molar refractivity (Wildman–Crippen MR) is 73.4 cm³/mol. The molecule has 0 aliphatic rings. The first kappa shape index (κ1) is 15.6. The molecule has 1 aromatic rings. The second-order valence-corrected chi connectivity index (χ2v) is 4.82. The van der Waals surface area contributed by atoms with Gasteiger partial charge in [-0.15, -0.1) is 0 Å². The van der Waals surface area contributed by atoms with Crippen LogP contribution in [-0.4, -0.2) is 11.0 Å². The van der Waals surface area contributed by atoms with Crippen LogP contribution in [0.25, 0.3) is 0 Å². The van der Waals surface area contributed by atoms with Crippen molar-refractivity contribution in [3.05, 3.63) is 39.7 Å². The van der Waals surface area contributed by atoms with Crippen LogP contribution in [0.15, 0.2) is 18.2 Å². The van der Waals surface area contributed by atoms with Gasteiger partial charge in [-0.25, -0.2) is 4.39 Å². The van der Waals surface area contributed by atoms with Crippen molar-refractivity contribution in [2.45, 2.75) is 46.2 Å². The van der Waals surface area contributed by atoms with Crippen molar-refractivity contribution in [3.63, 3.8) is 0 Å². The van der Waals surface area contributed by atoms with Gasteiger partial charge in [0.1, 0.15) is 5.82 Å². The van der Waals surface area contributed by atoms with Crippen molar-refractivity contribution in [2.75, 3.05) is 0 Å². The number of hydrogen-bond donors (Lipinski definition) is 1. The summed E-state index contributed by atoms with van der Waals surface area (Å²) in [7, 11) is 0. The van der Waals surface area contributed by atoms with Gasteiger partial charge in [-0.2, -0.15) is 0 Å². The lowest BCUT2D eigenvalue weighted by Crippen LogP contribution is -2.32. The van der Waals surface area contributed by atoms with Gasteiger partial charge in [0, 0.05) is 18.7 Å². The standard InChI is InChI=1S/C14H21FN2O2/c1-4-12(5-2)10(3)16-9-11-6-13(15)8-14(7-11)17(18)19/h6-8,10,12,16H,4-5,9H2,1-3H3. The molecule has 0 aromatic heterocycles. The highest BCUT2D eigenvalue weighted by Crippen LogP contribution is 2.17. The summed E-state index contributed by atoms with van der Waals surface area (Å²) < 4.78 is 13.3. The van der Waals surface area contributed by atoms with Gasteiger partial charge in [0.2, 0.25) is 0 Å². The molecule has 0 aliphatic carbocycles. The van der Waals surface area contributed by atoms with Crippen LogP contribution in [0.4, 0.5) is 10.1 Å². The molecule has 0 saturated carbocycles. The second kappa shape index (κ2) is 7.19. The highest BCUT2D eigenvalue weighted by molar-refractivity contribution is 5.35. The van der Waals surface area contributed by atoms with Crippen molar-refractivity contribution < 1.29 is 9.31 Å². The Morgan fingerprint density at radius 3 is 2.47 bits per heavy atom. The van der Waals surface area contributed by atoms with Crippen molar-refractivity contribution in [2.24, 2.45) is 5.92 Å². The number of rotatable bonds is 7. The Bertz CT molecular complexity index is 433. The Hall–Kier alpha value is -1.49. The number of hydrogen-bond acceptors (Lipinski definition) is 3. The lowest BCUT2D eigenvalue weighted by atomic mass is 9.95. The van der Waals surface area contributed by atoms with E-state index in [4.69, 9.17) is 0 Å². The SMILES string of the molecule is CCC(CC)C(C)NCc1cc(F)cc([N+](=O)[O-])c1. The van der Waals surface area contributed by atoms with E-state index in [1.54, 1.807) is 0 Å². The minimum atomic E-state index is -0.573. The summed E-state index contributed by atoms with van der Waals surface area (Å²) >= 11 is 0. The molecule has 1 aromatic carbocycles. The molecular weight excluding hydrogens is 247 g/mol. The Morgan fingerprint density at radius 2 is 1.95 bits per heavy atom. The van der Waals surface area contributed by atoms with Crippen molar-refractivity contribution in [1.82, 2.24) is 5.32 Å². The van der Waals surface area contributed by atoms with E-state index in [1.807, 2.05) is 0 Å². The molecule has 1 unspecified atom stereocenters. The monoisotopic (exact) mass is 268 g/mol. The number of halogens is 1. The Kier molecular flexibility index (Phi) is 5.89. The summed E-state index contributed by atoms with van der Waals surface area (Å²) in [6, 6.07) is 3.99. The minimum Gasteiger partial charge on any atom is -0.310 e. The third kappa shape index (κ3) is 4.59. The zero-order chi connectivity index (χ0) is 14.4. The summed E-state index contributed by atoms with van der Waals surface area (Å²) in [6.45, 7) is 6.81. The normalized spacial score (nSPS) is 12.7. The van der Waals surface area contributed by atoms with Gasteiger partial charge < -0.3 is 5.32 Å². The molecule has 19 heavy (non-hydrogen) atoms. The third-order valence-electron chi connectivity index (χ3n) is 3.54. The maximum Gasteiger partial charge on any atom is 0.272 e. The van der Waals surface area contributed by atoms with Gasteiger partial charge in [0.15, 0.2) is 0 Å². The molecule has 0 saturated heterocycles. The van der Waals surface area contributed by atoms with E-state index in [-0.39, 0.29) is 5.69 Å². The van der Waals surface area contributed by atoms with Gasteiger partial charge in [-0.05, 0) is 24.5 Å². The Morgan fingerprint density at radius 1 is 1.32 bits per heavy atom. The van der Waals surface area contributed by atoms with Crippen LogP contribution in [0.3, 0.4) is 0 Å². The Labute approximate surface area is 113 Å². The van der Waals surface area contributed by atoms with Crippen LogP contribution in [0.2, 0.25) is 0 Å². The zero-order valence-corrected chi connectivity index (χ0v) is 11.6. The molecular formula is C14H21FN2O2. The Balaban J connectivity index is 2.70. The highest BCUT2D eigenvalue weighted by atomic mass is 19.1. The lowest BCUT2D eigenvalue weighted by Gasteiger charge is -2.22. The number of nitro benzene ring substituents is 1. The van der Waals surface area contributed by atoms with Gasteiger partial charge >= 0.3 is 0 Å². The molecule has 0 amide bonds. The van der Waals surface area contributed by atoms with Crippen molar-refractivity contribution >= 4 is 5.69 Å². The fraction of sp³-hybridized carbons (Fsp3) is 0.571. The fourth-order valence-corrected chi connectivity index (χ4v) is 2.28. The smallest absolute Gasteiger partial charge is 0.272 e. The van der Waals surface area contributed by atoms with Gasteiger partial charge in [0.05, 0.1) is 11.0 Å². The van der Waals surface area contributed by atoms with Crippen LogP contribution in [0.5, 0.6) is 0 Å². The molecule has 1 atom stereocenters. The molecule has 0 bridgehead atoms. The van der Waals surface area contributed by atoms with Crippen LogP contribution in [-0.2, 0) is 6.54 Å². The van der Waals surface area contributed by atoms with Crippen LogP contribution in [0, 0.1) is 21.8 Å². The highest BCUT2D eigenvalue weighted by Gasteiger charge is 2.14. The van der Waals surface area contributed by atoms with E-state index in [1.165, 1.54) is 12.1 Å². The summed E-state index contributed by atoms with van der Waals surface area (Å²) in [4.78, 5) is 10.1. The zero-order valence-electron chi connectivity index (χ0n) is 11.6. The number of nitrogens with zero attached hydrogens (tertiary/aromatic N) is 1. The van der Waals surface area contributed by atoms with E-state index < -0.39 is 10.7 Å². The first-order valence-electron chi connectivity index (χ1n) is 6.65. The lowest BCUT2D eigenvalue weighted by molar-refractivity contribution is -0.385. The summed E-state index contributed by atoms with van der Waals surface area (Å²) in [6.07, 6.45) is 2.15. The molecule has 0 heterocycles. The minimum absolute atomic E-state index is 0.202. The first-order chi connectivity index (χ1) is 8.97. The first-order valence-corrected chi connectivity index (χ1v) is 6.65. The number of nitrogens with one attached hydrogen (secondary N) is 1. The maximum absolute atomic E-state index is 13.3.